The van der Waals surface area contributed by atoms with Gasteiger partial charge in [-0.05, 0) is 19.9 Å². The van der Waals surface area contributed by atoms with Crippen LogP contribution in [0.25, 0.3) is 0 Å². The Hall–Kier alpha value is -1.07. The number of halogens is 1. The Morgan fingerprint density at radius 2 is 2.18 bits per heavy atom. The van der Waals surface area contributed by atoms with Gasteiger partial charge in [-0.25, -0.2) is 0 Å². The zero-order valence-corrected chi connectivity index (χ0v) is 11.1. The lowest BCUT2D eigenvalue weighted by Crippen LogP contribution is -2.34. The summed E-state index contributed by atoms with van der Waals surface area (Å²) in [5.41, 5.74) is 1.54. The fourth-order valence-electron chi connectivity index (χ4n) is 2.03. The second-order valence-electron chi connectivity index (χ2n) is 4.20. The molecular formula is C11H19ClN4O. The van der Waals surface area contributed by atoms with E-state index in [1.54, 1.807) is 10.9 Å². The van der Waals surface area contributed by atoms with Crippen LogP contribution in [0.5, 0.6) is 0 Å². The van der Waals surface area contributed by atoms with Crippen molar-refractivity contribution >= 4 is 18.3 Å². The van der Waals surface area contributed by atoms with Crippen LogP contribution >= 0.6 is 12.4 Å². The smallest absolute Gasteiger partial charge is 0.257 e. The number of carbonyl (C=O) groups is 1. The van der Waals surface area contributed by atoms with Gasteiger partial charge in [-0.3, -0.25) is 9.48 Å². The van der Waals surface area contributed by atoms with E-state index in [9.17, 15) is 4.79 Å². The number of nitrogens with zero attached hydrogens (tertiary/aromatic N) is 3. The van der Waals surface area contributed by atoms with Crippen LogP contribution in [0.2, 0.25) is 0 Å². The average molecular weight is 259 g/mol. The van der Waals surface area contributed by atoms with Gasteiger partial charge in [0.05, 0.1) is 11.3 Å². The topological polar surface area (TPSA) is 50.2 Å². The zero-order valence-electron chi connectivity index (χ0n) is 10.3. The molecule has 1 fully saturated rings. The highest BCUT2D eigenvalue weighted by Gasteiger charge is 2.20. The van der Waals surface area contributed by atoms with E-state index in [1.807, 2.05) is 18.9 Å². The van der Waals surface area contributed by atoms with E-state index in [4.69, 9.17) is 0 Å². The summed E-state index contributed by atoms with van der Waals surface area (Å²) in [4.78, 5) is 14.1. The van der Waals surface area contributed by atoms with Crippen molar-refractivity contribution in [2.24, 2.45) is 7.05 Å². The molecule has 0 spiro atoms. The maximum Gasteiger partial charge on any atom is 0.257 e. The molecule has 0 aliphatic carbocycles. The van der Waals surface area contributed by atoms with Gasteiger partial charge >= 0.3 is 0 Å². The van der Waals surface area contributed by atoms with Crippen molar-refractivity contribution in [3.05, 3.63) is 17.5 Å². The molecule has 0 atom stereocenters. The average Bonchev–Trinajstić information content (AvgIpc) is 2.49. The largest absolute Gasteiger partial charge is 0.337 e. The lowest BCUT2D eigenvalue weighted by molar-refractivity contribution is 0.0765. The number of amides is 1. The molecule has 1 aromatic heterocycles. The van der Waals surface area contributed by atoms with Gasteiger partial charge in [0.15, 0.2) is 0 Å². The normalized spacial score (nSPS) is 16.2. The molecular weight excluding hydrogens is 240 g/mol. The molecule has 17 heavy (non-hydrogen) atoms. The van der Waals surface area contributed by atoms with Crippen LogP contribution in [-0.4, -0.2) is 46.8 Å². The fourth-order valence-corrected chi connectivity index (χ4v) is 2.03. The third kappa shape index (κ3) is 3.20. The van der Waals surface area contributed by atoms with E-state index < -0.39 is 0 Å². The molecule has 2 heterocycles. The first-order valence-corrected chi connectivity index (χ1v) is 5.68. The van der Waals surface area contributed by atoms with Gasteiger partial charge in [0, 0.05) is 32.9 Å². The zero-order chi connectivity index (χ0) is 11.5. The van der Waals surface area contributed by atoms with Crippen LogP contribution in [0, 0.1) is 6.92 Å². The molecule has 0 aromatic carbocycles. The van der Waals surface area contributed by atoms with Gasteiger partial charge < -0.3 is 10.2 Å². The summed E-state index contributed by atoms with van der Waals surface area (Å²) < 4.78 is 1.69. The summed E-state index contributed by atoms with van der Waals surface area (Å²) >= 11 is 0. The highest BCUT2D eigenvalue weighted by atomic mass is 35.5. The van der Waals surface area contributed by atoms with Gasteiger partial charge in [-0.1, -0.05) is 0 Å². The third-order valence-corrected chi connectivity index (χ3v) is 2.87. The second-order valence-corrected chi connectivity index (χ2v) is 4.20. The monoisotopic (exact) mass is 258 g/mol. The van der Waals surface area contributed by atoms with Gasteiger partial charge in [-0.2, -0.15) is 5.10 Å². The molecule has 0 unspecified atom stereocenters. The van der Waals surface area contributed by atoms with Crippen LogP contribution in [0.1, 0.15) is 22.5 Å². The lowest BCUT2D eigenvalue weighted by Gasteiger charge is -2.19. The van der Waals surface area contributed by atoms with Crippen molar-refractivity contribution in [2.45, 2.75) is 13.3 Å². The molecule has 1 aliphatic heterocycles. The highest BCUT2D eigenvalue weighted by Crippen LogP contribution is 2.10. The van der Waals surface area contributed by atoms with Crippen molar-refractivity contribution in [1.82, 2.24) is 20.0 Å². The van der Waals surface area contributed by atoms with Crippen LogP contribution < -0.4 is 5.32 Å². The molecule has 6 heteroatoms. The van der Waals surface area contributed by atoms with Crippen molar-refractivity contribution in [2.75, 3.05) is 26.2 Å². The van der Waals surface area contributed by atoms with Crippen molar-refractivity contribution < 1.29 is 4.79 Å². The maximum absolute atomic E-state index is 12.2. The fraction of sp³-hybridized carbons (Fsp3) is 0.636. The number of hydrogen-bond acceptors (Lipinski definition) is 3. The maximum atomic E-state index is 12.2. The summed E-state index contributed by atoms with van der Waals surface area (Å²) in [6.45, 7) is 5.37. The predicted molar refractivity (Wildman–Crippen MR) is 68.6 cm³/mol. The number of carbonyl (C=O) groups excluding carboxylic acids is 1. The van der Waals surface area contributed by atoms with Crippen molar-refractivity contribution in [1.29, 1.82) is 0 Å². The first-order valence-electron chi connectivity index (χ1n) is 5.68. The molecule has 1 N–H and O–H groups in total. The number of aryl methyl sites for hydroxylation is 2. The number of rotatable bonds is 1. The Kier molecular flexibility index (Phi) is 4.96. The Morgan fingerprint density at radius 1 is 1.41 bits per heavy atom. The number of nitrogens with one attached hydrogen (secondary N) is 1. The Bertz CT molecular complexity index is 383. The van der Waals surface area contributed by atoms with E-state index in [2.05, 4.69) is 10.4 Å². The molecule has 1 amide bonds. The molecule has 96 valence electrons. The number of aromatic nitrogens is 2. The standard InChI is InChI=1S/C11H18N4O.ClH/c1-9-10(8-14(2)13-9)11(16)15-6-3-4-12-5-7-15;/h8,12H,3-7H2,1-2H3;1H. The van der Waals surface area contributed by atoms with Crippen molar-refractivity contribution in [3.63, 3.8) is 0 Å². The van der Waals surface area contributed by atoms with E-state index in [-0.39, 0.29) is 18.3 Å². The summed E-state index contributed by atoms with van der Waals surface area (Å²) in [6.07, 6.45) is 2.82. The van der Waals surface area contributed by atoms with Gasteiger partial charge in [0.2, 0.25) is 0 Å². The molecule has 0 radical (unpaired) electrons. The molecule has 1 saturated heterocycles. The first-order chi connectivity index (χ1) is 7.68. The van der Waals surface area contributed by atoms with Crippen molar-refractivity contribution in [3.8, 4) is 0 Å². The van der Waals surface area contributed by atoms with Crippen LogP contribution in [0.15, 0.2) is 6.20 Å². The van der Waals surface area contributed by atoms with E-state index >= 15 is 0 Å². The second kappa shape index (κ2) is 6.02. The molecule has 0 saturated carbocycles. The Labute approximate surface area is 108 Å². The molecule has 1 aromatic rings. The van der Waals surface area contributed by atoms with Crippen LogP contribution in [-0.2, 0) is 7.05 Å². The van der Waals surface area contributed by atoms with E-state index in [0.29, 0.717) is 0 Å². The molecule has 0 bridgehead atoms. The molecule has 2 rings (SSSR count). The summed E-state index contributed by atoms with van der Waals surface area (Å²) in [5, 5.41) is 7.49. The van der Waals surface area contributed by atoms with E-state index in [0.717, 1.165) is 43.9 Å². The van der Waals surface area contributed by atoms with Gasteiger partial charge in [0.25, 0.3) is 5.91 Å². The summed E-state index contributed by atoms with van der Waals surface area (Å²) in [6, 6.07) is 0. The minimum Gasteiger partial charge on any atom is -0.337 e. The summed E-state index contributed by atoms with van der Waals surface area (Å²) in [5.74, 6) is 0.106. The van der Waals surface area contributed by atoms with Gasteiger partial charge in [-0.15, -0.1) is 12.4 Å². The minimum atomic E-state index is 0. The third-order valence-electron chi connectivity index (χ3n) is 2.87. The summed E-state index contributed by atoms with van der Waals surface area (Å²) in [7, 11) is 1.84. The Balaban J connectivity index is 0.00000144. The predicted octanol–water partition coefficient (Wildman–Crippen LogP) is 0.586. The quantitative estimate of drug-likeness (QED) is 0.802. The van der Waals surface area contributed by atoms with Crippen LogP contribution in [0.3, 0.4) is 0 Å². The first kappa shape index (κ1) is 14.0. The van der Waals surface area contributed by atoms with Gasteiger partial charge in [0.1, 0.15) is 0 Å². The molecule has 1 aliphatic rings. The molecule has 5 nitrogen and oxygen atoms in total. The van der Waals surface area contributed by atoms with Crippen LogP contribution in [0.4, 0.5) is 0 Å². The minimum absolute atomic E-state index is 0. The SMILES string of the molecule is Cc1nn(C)cc1C(=O)N1CCCNCC1.Cl. The van der Waals surface area contributed by atoms with E-state index in [1.165, 1.54) is 0 Å². The lowest BCUT2D eigenvalue weighted by atomic mass is 10.2. The Morgan fingerprint density at radius 3 is 2.82 bits per heavy atom. The number of hydrogen-bond donors (Lipinski definition) is 1. The highest BCUT2D eigenvalue weighted by molar-refractivity contribution is 5.95.